The molecule has 1 aromatic carbocycles. The molecule has 0 bridgehead atoms. The van der Waals surface area contributed by atoms with Gasteiger partial charge in [0.15, 0.2) is 11.9 Å². The number of nitrogens with zero attached hydrogens (tertiary/aromatic N) is 4. The molecule has 6 nitrogen and oxygen atoms in total. The first kappa shape index (κ1) is 12.6. The first-order valence-electron chi connectivity index (χ1n) is 5.29. The molecule has 1 atom stereocenters. The molecule has 1 aromatic heterocycles. The minimum absolute atomic E-state index is 0.467. The summed E-state index contributed by atoms with van der Waals surface area (Å²) >= 11 is 1.57. The van der Waals surface area contributed by atoms with E-state index in [9.17, 15) is 4.79 Å². The van der Waals surface area contributed by atoms with Crippen LogP contribution < -0.4 is 0 Å². The van der Waals surface area contributed by atoms with Crippen molar-refractivity contribution in [1.29, 1.82) is 0 Å². The third kappa shape index (κ3) is 2.21. The van der Waals surface area contributed by atoms with Crippen molar-refractivity contribution in [2.75, 3.05) is 6.26 Å². The highest BCUT2D eigenvalue weighted by Crippen LogP contribution is 2.29. The van der Waals surface area contributed by atoms with E-state index in [1.54, 1.807) is 18.7 Å². The van der Waals surface area contributed by atoms with Gasteiger partial charge in [0.05, 0.1) is 0 Å². The number of benzene rings is 1. The summed E-state index contributed by atoms with van der Waals surface area (Å²) < 4.78 is 1.32. The number of thioether (sulfide) groups is 1. The van der Waals surface area contributed by atoms with Crippen molar-refractivity contribution in [2.45, 2.75) is 17.9 Å². The normalized spacial score (nSPS) is 12.3. The molecule has 1 N–H and O–H groups in total. The quantitative estimate of drug-likeness (QED) is 0.847. The average Bonchev–Trinajstić information content (AvgIpc) is 2.86. The van der Waals surface area contributed by atoms with Crippen molar-refractivity contribution in [3.63, 3.8) is 0 Å². The highest BCUT2D eigenvalue weighted by atomic mass is 32.2. The van der Waals surface area contributed by atoms with Crippen molar-refractivity contribution in [2.24, 2.45) is 0 Å². The largest absolute Gasteiger partial charge is 0.480 e. The Bertz CT molecular complexity index is 570. The SMILES string of the molecule is CSc1ccccc1-c1nnnn1C(C)C(=O)O. The second-order valence-electron chi connectivity index (χ2n) is 3.66. The van der Waals surface area contributed by atoms with E-state index in [4.69, 9.17) is 5.11 Å². The Morgan fingerprint density at radius 2 is 2.17 bits per heavy atom. The molecule has 0 saturated heterocycles. The van der Waals surface area contributed by atoms with Crippen LogP contribution in [-0.2, 0) is 4.79 Å². The van der Waals surface area contributed by atoms with Crippen molar-refractivity contribution in [3.05, 3.63) is 24.3 Å². The van der Waals surface area contributed by atoms with Gasteiger partial charge in [-0.05, 0) is 35.7 Å². The van der Waals surface area contributed by atoms with Crippen LogP contribution in [0.2, 0.25) is 0 Å². The third-order valence-electron chi connectivity index (χ3n) is 2.56. The topological polar surface area (TPSA) is 80.9 Å². The Balaban J connectivity index is 2.52. The first-order valence-corrected chi connectivity index (χ1v) is 6.51. The van der Waals surface area contributed by atoms with Gasteiger partial charge in [0.25, 0.3) is 0 Å². The summed E-state index contributed by atoms with van der Waals surface area (Å²) in [6.45, 7) is 1.55. The number of hydrogen-bond donors (Lipinski definition) is 1. The maximum absolute atomic E-state index is 11.0. The van der Waals surface area contributed by atoms with Gasteiger partial charge in [0.2, 0.25) is 0 Å². The molecular weight excluding hydrogens is 252 g/mol. The van der Waals surface area contributed by atoms with Crippen LogP contribution in [0.25, 0.3) is 11.4 Å². The van der Waals surface area contributed by atoms with E-state index in [0.29, 0.717) is 5.82 Å². The van der Waals surface area contributed by atoms with Crippen LogP contribution in [0.4, 0.5) is 0 Å². The van der Waals surface area contributed by atoms with Crippen LogP contribution >= 0.6 is 11.8 Å². The number of tetrazole rings is 1. The zero-order chi connectivity index (χ0) is 13.1. The van der Waals surface area contributed by atoms with Gasteiger partial charge < -0.3 is 5.11 Å². The molecule has 2 rings (SSSR count). The van der Waals surface area contributed by atoms with Crippen molar-refractivity contribution in [3.8, 4) is 11.4 Å². The maximum atomic E-state index is 11.0. The summed E-state index contributed by atoms with van der Waals surface area (Å²) in [6.07, 6.45) is 1.95. The summed E-state index contributed by atoms with van der Waals surface area (Å²) in [5.74, 6) is -0.500. The van der Waals surface area contributed by atoms with E-state index < -0.39 is 12.0 Å². The highest BCUT2D eigenvalue weighted by Gasteiger charge is 2.21. The standard InChI is InChI=1S/C11H12N4O2S/c1-7(11(16)17)15-10(12-13-14-15)8-5-3-4-6-9(8)18-2/h3-7H,1-2H3,(H,16,17). The van der Waals surface area contributed by atoms with Crippen molar-refractivity contribution in [1.82, 2.24) is 20.2 Å². The van der Waals surface area contributed by atoms with E-state index in [2.05, 4.69) is 15.5 Å². The molecule has 0 radical (unpaired) electrons. The fourth-order valence-electron chi connectivity index (χ4n) is 1.57. The molecule has 94 valence electrons. The molecule has 0 fully saturated rings. The third-order valence-corrected chi connectivity index (χ3v) is 3.36. The van der Waals surface area contributed by atoms with Crippen LogP contribution in [0.3, 0.4) is 0 Å². The van der Waals surface area contributed by atoms with E-state index >= 15 is 0 Å². The fraction of sp³-hybridized carbons (Fsp3) is 0.273. The number of aromatic nitrogens is 4. The molecule has 0 aliphatic rings. The Kier molecular flexibility index (Phi) is 3.61. The van der Waals surface area contributed by atoms with E-state index in [0.717, 1.165) is 10.5 Å². The second kappa shape index (κ2) is 5.18. The average molecular weight is 264 g/mol. The van der Waals surface area contributed by atoms with Crippen LogP contribution in [0, 0.1) is 0 Å². The lowest BCUT2D eigenvalue weighted by atomic mass is 10.2. The summed E-state index contributed by atoms with van der Waals surface area (Å²) in [5, 5.41) is 20.3. The molecule has 0 amide bonds. The number of hydrogen-bond acceptors (Lipinski definition) is 5. The van der Waals surface area contributed by atoms with E-state index in [1.807, 2.05) is 30.5 Å². The van der Waals surface area contributed by atoms with Gasteiger partial charge in [-0.25, -0.2) is 9.48 Å². The molecule has 1 heterocycles. The molecule has 18 heavy (non-hydrogen) atoms. The van der Waals surface area contributed by atoms with Crippen LogP contribution in [0.1, 0.15) is 13.0 Å². The molecule has 1 unspecified atom stereocenters. The predicted molar refractivity (Wildman–Crippen MR) is 67.4 cm³/mol. The molecule has 2 aromatic rings. The van der Waals surface area contributed by atoms with Gasteiger partial charge in [0, 0.05) is 10.5 Å². The van der Waals surface area contributed by atoms with Crippen LogP contribution in [0.5, 0.6) is 0 Å². The summed E-state index contributed by atoms with van der Waals surface area (Å²) in [5.41, 5.74) is 0.836. The molecule has 0 spiro atoms. The van der Waals surface area contributed by atoms with Gasteiger partial charge in [-0.15, -0.1) is 16.9 Å². The number of carboxylic acids is 1. The lowest BCUT2D eigenvalue weighted by Gasteiger charge is -2.10. The summed E-state index contributed by atoms with van der Waals surface area (Å²) in [6, 6.07) is 6.82. The van der Waals surface area contributed by atoms with Gasteiger partial charge >= 0.3 is 5.97 Å². The Hall–Kier alpha value is -1.89. The molecule has 0 saturated carbocycles. The Morgan fingerprint density at radius 3 is 2.83 bits per heavy atom. The minimum Gasteiger partial charge on any atom is -0.480 e. The smallest absolute Gasteiger partial charge is 0.328 e. The van der Waals surface area contributed by atoms with Gasteiger partial charge in [-0.1, -0.05) is 12.1 Å². The molecule has 7 heteroatoms. The highest BCUT2D eigenvalue weighted by molar-refractivity contribution is 7.98. The zero-order valence-corrected chi connectivity index (χ0v) is 10.8. The number of aliphatic carboxylic acids is 1. The van der Waals surface area contributed by atoms with Crippen molar-refractivity contribution < 1.29 is 9.90 Å². The van der Waals surface area contributed by atoms with Gasteiger partial charge in [-0.3, -0.25) is 0 Å². The fourth-order valence-corrected chi connectivity index (χ4v) is 2.16. The predicted octanol–water partition coefficient (Wildman–Crippen LogP) is 1.71. The molecular formula is C11H12N4O2S. The van der Waals surface area contributed by atoms with Crippen LogP contribution in [-0.4, -0.2) is 37.5 Å². The van der Waals surface area contributed by atoms with Gasteiger partial charge in [-0.2, -0.15) is 0 Å². The monoisotopic (exact) mass is 264 g/mol. The van der Waals surface area contributed by atoms with E-state index in [-0.39, 0.29) is 0 Å². The Morgan fingerprint density at radius 1 is 1.44 bits per heavy atom. The zero-order valence-electron chi connectivity index (χ0n) is 9.94. The van der Waals surface area contributed by atoms with E-state index in [1.165, 1.54) is 4.68 Å². The molecule has 0 aliphatic carbocycles. The summed E-state index contributed by atoms with van der Waals surface area (Å²) in [4.78, 5) is 12.0. The van der Waals surface area contributed by atoms with Crippen molar-refractivity contribution >= 4 is 17.7 Å². The number of rotatable bonds is 4. The number of carboxylic acid groups (broad SMARTS) is 1. The maximum Gasteiger partial charge on any atom is 0.328 e. The minimum atomic E-state index is -0.967. The number of carbonyl (C=O) groups is 1. The van der Waals surface area contributed by atoms with Crippen LogP contribution in [0.15, 0.2) is 29.2 Å². The summed E-state index contributed by atoms with van der Waals surface area (Å²) in [7, 11) is 0. The second-order valence-corrected chi connectivity index (χ2v) is 4.51. The van der Waals surface area contributed by atoms with Gasteiger partial charge in [0.1, 0.15) is 0 Å². The lowest BCUT2D eigenvalue weighted by Crippen LogP contribution is -2.18. The lowest BCUT2D eigenvalue weighted by molar-refractivity contribution is -0.140. The molecule has 0 aliphatic heterocycles. The Labute approximate surface area is 108 Å². The first-order chi connectivity index (χ1) is 8.65.